The van der Waals surface area contributed by atoms with E-state index >= 15 is 0 Å². The van der Waals surface area contributed by atoms with E-state index in [-0.39, 0.29) is 5.92 Å². The third-order valence-electron chi connectivity index (χ3n) is 5.02. The number of hydrogen-bond acceptors (Lipinski definition) is 4. The van der Waals surface area contributed by atoms with Gasteiger partial charge in [-0.15, -0.1) is 0 Å². The fraction of sp³-hybridized carbons (Fsp3) is 0.444. The Balaban J connectivity index is 1.74. The van der Waals surface area contributed by atoms with E-state index in [0.29, 0.717) is 5.56 Å². The zero-order chi connectivity index (χ0) is 19.1. The van der Waals surface area contributed by atoms with Gasteiger partial charge in [0.1, 0.15) is 23.4 Å². The molecule has 0 aromatic heterocycles. The predicted molar refractivity (Wildman–Crippen MR) is 88.9 cm³/mol. The van der Waals surface area contributed by atoms with Gasteiger partial charge in [0.2, 0.25) is 5.91 Å². The summed E-state index contributed by atoms with van der Waals surface area (Å²) in [5, 5.41) is 14.5. The molecule has 2 unspecified atom stereocenters. The molecular formula is C18H19FN4O3. The van der Waals surface area contributed by atoms with E-state index in [0.717, 1.165) is 17.7 Å². The van der Waals surface area contributed by atoms with Crippen LogP contribution >= 0.6 is 0 Å². The Morgan fingerprint density at radius 1 is 1.42 bits per heavy atom. The summed E-state index contributed by atoms with van der Waals surface area (Å²) in [6, 6.07) is 6.61. The second kappa shape index (κ2) is 6.09. The number of carbonyl (C=O) groups is 3. The van der Waals surface area contributed by atoms with Crippen LogP contribution in [0.4, 0.5) is 9.18 Å². The summed E-state index contributed by atoms with van der Waals surface area (Å²) >= 11 is 0. The lowest BCUT2D eigenvalue weighted by atomic mass is 9.92. The molecule has 2 N–H and O–H groups in total. The first kappa shape index (κ1) is 17.9. The molecule has 8 heteroatoms. The van der Waals surface area contributed by atoms with E-state index < -0.39 is 41.3 Å². The number of carbonyl (C=O) groups excluding carboxylic acids is 3. The number of benzene rings is 1. The molecule has 1 saturated heterocycles. The number of halogens is 1. The molecule has 4 amide bonds. The van der Waals surface area contributed by atoms with Crippen molar-refractivity contribution in [1.29, 1.82) is 5.26 Å². The number of urea groups is 1. The molecule has 2 fully saturated rings. The molecule has 136 valence electrons. The molecular weight excluding hydrogens is 339 g/mol. The number of amides is 4. The first-order valence-corrected chi connectivity index (χ1v) is 8.32. The largest absolute Gasteiger partial charge is 0.336 e. The molecule has 3 rings (SSSR count). The van der Waals surface area contributed by atoms with Gasteiger partial charge in [-0.1, -0.05) is 12.1 Å². The van der Waals surface area contributed by atoms with Gasteiger partial charge in [0.25, 0.3) is 5.91 Å². The van der Waals surface area contributed by atoms with Crippen LogP contribution in [0.3, 0.4) is 0 Å². The second-order valence-electron chi connectivity index (χ2n) is 7.09. The highest BCUT2D eigenvalue weighted by molar-refractivity contribution is 6.09. The zero-order valence-electron chi connectivity index (χ0n) is 14.5. The van der Waals surface area contributed by atoms with Gasteiger partial charge in [0.05, 0.1) is 6.07 Å². The van der Waals surface area contributed by atoms with Crippen LogP contribution in [0.25, 0.3) is 0 Å². The van der Waals surface area contributed by atoms with E-state index in [4.69, 9.17) is 0 Å². The van der Waals surface area contributed by atoms with Crippen LogP contribution in [-0.4, -0.2) is 34.8 Å². The Labute approximate surface area is 150 Å². The molecule has 0 bridgehead atoms. The van der Waals surface area contributed by atoms with Crippen molar-refractivity contribution in [1.82, 2.24) is 15.5 Å². The molecule has 0 radical (unpaired) electrons. The lowest BCUT2D eigenvalue weighted by molar-refractivity contribution is -0.135. The molecule has 26 heavy (non-hydrogen) atoms. The summed E-state index contributed by atoms with van der Waals surface area (Å²) < 4.78 is 13.1. The minimum absolute atomic E-state index is 0.0871. The highest BCUT2D eigenvalue weighted by Crippen LogP contribution is 2.39. The smallest absolute Gasteiger partial charge is 0.325 e. The van der Waals surface area contributed by atoms with Crippen LogP contribution in [0.5, 0.6) is 0 Å². The lowest BCUT2D eigenvalue weighted by Gasteiger charge is -2.25. The Kier molecular flexibility index (Phi) is 4.18. The van der Waals surface area contributed by atoms with E-state index in [1.54, 1.807) is 6.92 Å². The normalized spacial score (nSPS) is 24.6. The first-order valence-electron chi connectivity index (χ1n) is 8.32. The van der Waals surface area contributed by atoms with Crippen molar-refractivity contribution < 1.29 is 18.8 Å². The van der Waals surface area contributed by atoms with E-state index in [1.807, 2.05) is 0 Å². The minimum Gasteiger partial charge on any atom is -0.336 e. The van der Waals surface area contributed by atoms with E-state index in [1.165, 1.54) is 31.2 Å². The summed E-state index contributed by atoms with van der Waals surface area (Å²) in [7, 11) is 0. The standard InChI is InChI=1S/C18H19FN4O3/c1-17(10-20,11-3-4-11)21-14(24)9-23-15(25)18(2,22-16(23)26)12-5-7-13(19)8-6-12/h5-8,11H,3-4,9H2,1-2H3,(H,21,24)(H,22,26). The molecule has 1 heterocycles. The molecule has 1 aliphatic heterocycles. The van der Waals surface area contributed by atoms with Crippen molar-refractivity contribution in [3.8, 4) is 6.07 Å². The topological polar surface area (TPSA) is 102 Å². The summed E-state index contributed by atoms with van der Waals surface area (Å²) in [6.45, 7) is 2.66. The van der Waals surface area contributed by atoms with Gasteiger partial charge in [-0.05, 0) is 50.3 Å². The van der Waals surface area contributed by atoms with Crippen molar-refractivity contribution in [3.63, 3.8) is 0 Å². The molecule has 7 nitrogen and oxygen atoms in total. The number of nitrogens with zero attached hydrogens (tertiary/aromatic N) is 2. The van der Waals surface area contributed by atoms with Crippen LogP contribution < -0.4 is 10.6 Å². The van der Waals surface area contributed by atoms with Crippen LogP contribution in [0, 0.1) is 23.1 Å². The predicted octanol–water partition coefficient (Wildman–Crippen LogP) is 1.40. The zero-order valence-corrected chi connectivity index (χ0v) is 14.5. The molecule has 2 aliphatic rings. The molecule has 1 aromatic rings. The van der Waals surface area contributed by atoms with Crippen molar-refractivity contribution in [2.45, 2.75) is 37.8 Å². The minimum atomic E-state index is -1.37. The first-order chi connectivity index (χ1) is 12.2. The van der Waals surface area contributed by atoms with Gasteiger partial charge in [0.15, 0.2) is 0 Å². The van der Waals surface area contributed by atoms with Gasteiger partial charge in [-0.25, -0.2) is 9.18 Å². The SMILES string of the molecule is CC1(c2ccc(F)cc2)NC(=O)N(CC(=O)NC(C)(C#N)C2CC2)C1=O. The Bertz CT molecular complexity index is 815. The summed E-state index contributed by atoms with van der Waals surface area (Å²) in [5.41, 5.74) is -1.96. The summed E-state index contributed by atoms with van der Waals surface area (Å²) in [6.07, 6.45) is 1.71. The van der Waals surface area contributed by atoms with E-state index in [2.05, 4.69) is 16.7 Å². The fourth-order valence-electron chi connectivity index (χ4n) is 3.17. The molecule has 2 atom stereocenters. The molecule has 1 saturated carbocycles. The van der Waals surface area contributed by atoms with Crippen molar-refractivity contribution >= 4 is 17.8 Å². The van der Waals surface area contributed by atoms with Crippen molar-refractivity contribution in [2.75, 3.05) is 6.54 Å². The van der Waals surface area contributed by atoms with Crippen molar-refractivity contribution in [2.24, 2.45) is 5.92 Å². The highest BCUT2D eigenvalue weighted by Gasteiger charge is 2.50. The van der Waals surface area contributed by atoms with E-state index in [9.17, 15) is 24.0 Å². The third-order valence-corrected chi connectivity index (χ3v) is 5.02. The lowest BCUT2D eigenvalue weighted by Crippen LogP contribution is -2.51. The van der Waals surface area contributed by atoms with Crippen LogP contribution in [0.1, 0.15) is 32.3 Å². The molecule has 1 aromatic carbocycles. The number of rotatable bonds is 5. The number of imide groups is 1. The Hall–Kier alpha value is -2.95. The summed E-state index contributed by atoms with van der Waals surface area (Å²) in [4.78, 5) is 38.1. The third kappa shape index (κ3) is 3.01. The monoisotopic (exact) mass is 358 g/mol. The van der Waals surface area contributed by atoms with Gasteiger partial charge < -0.3 is 10.6 Å². The number of nitriles is 1. The van der Waals surface area contributed by atoms with Crippen LogP contribution in [-0.2, 0) is 15.1 Å². The maximum absolute atomic E-state index is 13.1. The number of nitrogens with one attached hydrogen (secondary N) is 2. The highest BCUT2D eigenvalue weighted by atomic mass is 19.1. The van der Waals surface area contributed by atoms with Crippen LogP contribution in [0.2, 0.25) is 0 Å². The maximum atomic E-state index is 13.1. The quantitative estimate of drug-likeness (QED) is 0.777. The van der Waals surface area contributed by atoms with Gasteiger partial charge in [0, 0.05) is 0 Å². The van der Waals surface area contributed by atoms with Crippen molar-refractivity contribution in [3.05, 3.63) is 35.6 Å². The van der Waals surface area contributed by atoms with Crippen LogP contribution in [0.15, 0.2) is 24.3 Å². The Morgan fingerprint density at radius 3 is 2.58 bits per heavy atom. The number of hydrogen-bond donors (Lipinski definition) is 2. The average Bonchev–Trinajstić information content (AvgIpc) is 3.42. The molecule has 1 aliphatic carbocycles. The summed E-state index contributed by atoms with van der Waals surface area (Å²) in [5.74, 6) is -1.55. The van der Waals surface area contributed by atoms with Gasteiger partial charge >= 0.3 is 6.03 Å². The maximum Gasteiger partial charge on any atom is 0.325 e. The fourth-order valence-corrected chi connectivity index (χ4v) is 3.17. The average molecular weight is 358 g/mol. The molecule has 0 spiro atoms. The van der Waals surface area contributed by atoms with Gasteiger partial charge in [-0.2, -0.15) is 5.26 Å². The van der Waals surface area contributed by atoms with Gasteiger partial charge in [-0.3, -0.25) is 14.5 Å². The second-order valence-corrected chi connectivity index (χ2v) is 7.09. The Morgan fingerprint density at radius 2 is 2.04 bits per heavy atom.